The van der Waals surface area contributed by atoms with Crippen LogP contribution in [0.5, 0.6) is 0 Å². The quantitative estimate of drug-likeness (QED) is 0.481. The highest BCUT2D eigenvalue weighted by Gasteiger charge is 2.04. The van der Waals surface area contributed by atoms with Gasteiger partial charge in [0.05, 0.1) is 0 Å². The first-order chi connectivity index (χ1) is 5.76. The highest BCUT2D eigenvalue weighted by molar-refractivity contribution is 5.87. The largest absolute Gasteiger partial charge is 0.405 e. The first-order valence-corrected chi connectivity index (χ1v) is 3.65. The molecule has 0 aromatic rings. The van der Waals surface area contributed by atoms with E-state index in [0.717, 1.165) is 0 Å². The average molecular weight is 166 g/mol. The van der Waals surface area contributed by atoms with Gasteiger partial charge in [-0.05, 0) is 18.4 Å². The van der Waals surface area contributed by atoms with Gasteiger partial charge in [0, 0.05) is 13.1 Å². The summed E-state index contributed by atoms with van der Waals surface area (Å²) in [4.78, 5) is 12.7. The number of amides is 1. The van der Waals surface area contributed by atoms with E-state index in [4.69, 9.17) is 5.73 Å². The van der Waals surface area contributed by atoms with Crippen molar-refractivity contribution in [2.45, 2.75) is 0 Å². The summed E-state index contributed by atoms with van der Waals surface area (Å²) < 4.78 is 0. The van der Waals surface area contributed by atoms with Crippen LogP contribution < -0.4 is 5.73 Å². The minimum Gasteiger partial charge on any atom is -0.405 e. The highest BCUT2D eigenvalue weighted by atomic mass is 16.2. The molecule has 0 aliphatic carbocycles. The average Bonchev–Trinajstić information content (AvgIpc) is 2.11. The van der Waals surface area contributed by atoms with Crippen molar-refractivity contribution in [3.05, 3.63) is 37.6 Å². The first-order valence-electron chi connectivity index (χ1n) is 3.65. The molecular weight excluding hydrogens is 152 g/mol. The summed E-state index contributed by atoms with van der Waals surface area (Å²) >= 11 is 0. The van der Waals surface area contributed by atoms with Crippen LogP contribution in [-0.2, 0) is 4.79 Å². The van der Waals surface area contributed by atoms with Crippen LogP contribution in [0.3, 0.4) is 0 Å². The predicted molar refractivity (Wildman–Crippen MR) is 50.3 cm³/mol. The van der Waals surface area contributed by atoms with Crippen LogP contribution in [0.25, 0.3) is 0 Å². The summed E-state index contributed by atoms with van der Waals surface area (Å²) in [5.41, 5.74) is 5.14. The molecule has 0 fully saturated rings. The molecule has 0 radical (unpaired) electrons. The molecule has 12 heavy (non-hydrogen) atoms. The summed E-state index contributed by atoms with van der Waals surface area (Å²) in [6, 6.07) is 0. The summed E-state index contributed by atoms with van der Waals surface area (Å²) in [6.07, 6.45) is 6.04. The molecule has 0 aliphatic rings. The van der Waals surface area contributed by atoms with Gasteiger partial charge in [-0.2, -0.15) is 0 Å². The summed E-state index contributed by atoms with van der Waals surface area (Å²) in [6.45, 7) is 7.94. The second kappa shape index (κ2) is 6.22. The molecule has 0 aromatic carbocycles. The molecule has 3 heteroatoms. The van der Waals surface area contributed by atoms with Gasteiger partial charge < -0.3 is 10.6 Å². The smallest absolute Gasteiger partial charge is 0.246 e. The Hall–Kier alpha value is -1.51. The molecule has 66 valence electrons. The monoisotopic (exact) mass is 166 g/mol. The third kappa shape index (κ3) is 3.61. The molecule has 0 atom stereocenters. The lowest BCUT2D eigenvalue weighted by atomic mass is 10.4. The Morgan fingerprint density at radius 3 is 2.50 bits per heavy atom. The number of nitrogens with two attached hydrogens (primary N) is 1. The highest BCUT2D eigenvalue weighted by Crippen LogP contribution is 1.91. The van der Waals surface area contributed by atoms with Crippen molar-refractivity contribution in [3.63, 3.8) is 0 Å². The minimum absolute atomic E-state index is 0.118. The maximum atomic E-state index is 11.1. The van der Waals surface area contributed by atoms with E-state index >= 15 is 0 Å². The lowest BCUT2D eigenvalue weighted by Gasteiger charge is -2.16. The Kier molecular flexibility index (Phi) is 5.43. The number of carbonyl (C=O) groups is 1. The van der Waals surface area contributed by atoms with E-state index < -0.39 is 0 Å². The standard InChI is InChI=1S/C9H14N2O/c1-3-7-11(8-5-6-10)9(12)4-2/h3-6H,1-2,7-8,10H2. The molecule has 0 spiro atoms. The van der Waals surface area contributed by atoms with E-state index in [-0.39, 0.29) is 5.91 Å². The van der Waals surface area contributed by atoms with E-state index in [0.29, 0.717) is 13.1 Å². The van der Waals surface area contributed by atoms with Crippen molar-refractivity contribution in [2.75, 3.05) is 13.1 Å². The second-order valence-electron chi connectivity index (χ2n) is 2.16. The number of carbonyl (C=O) groups excluding carboxylic acids is 1. The Morgan fingerprint density at radius 2 is 2.08 bits per heavy atom. The third-order valence-electron chi connectivity index (χ3n) is 1.30. The Balaban J connectivity index is 4.10. The third-order valence-corrected chi connectivity index (χ3v) is 1.30. The Morgan fingerprint density at radius 1 is 1.42 bits per heavy atom. The fourth-order valence-electron chi connectivity index (χ4n) is 0.728. The predicted octanol–water partition coefficient (Wildman–Crippen LogP) is 0.659. The maximum Gasteiger partial charge on any atom is 0.246 e. The fraction of sp³-hybridized carbons (Fsp3) is 0.222. The number of nitrogens with zero attached hydrogens (tertiary/aromatic N) is 1. The van der Waals surface area contributed by atoms with Crippen LogP contribution in [0, 0.1) is 0 Å². The van der Waals surface area contributed by atoms with Gasteiger partial charge in [0.1, 0.15) is 0 Å². The van der Waals surface area contributed by atoms with Crippen LogP contribution in [0.2, 0.25) is 0 Å². The molecule has 0 unspecified atom stereocenters. The zero-order valence-corrected chi connectivity index (χ0v) is 7.07. The van der Waals surface area contributed by atoms with E-state index in [1.165, 1.54) is 12.3 Å². The topological polar surface area (TPSA) is 46.3 Å². The van der Waals surface area contributed by atoms with E-state index in [1.807, 2.05) is 0 Å². The van der Waals surface area contributed by atoms with Gasteiger partial charge in [-0.15, -0.1) is 6.58 Å². The molecule has 0 heterocycles. The summed E-state index contributed by atoms with van der Waals surface area (Å²) in [5, 5.41) is 0. The van der Waals surface area contributed by atoms with E-state index in [2.05, 4.69) is 13.2 Å². The number of hydrogen-bond acceptors (Lipinski definition) is 2. The van der Waals surface area contributed by atoms with Gasteiger partial charge in [-0.25, -0.2) is 0 Å². The van der Waals surface area contributed by atoms with Gasteiger partial charge in [0.25, 0.3) is 0 Å². The van der Waals surface area contributed by atoms with Gasteiger partial charge in [-0.1, -0.05) is 12.7 Å². The fourth-order valence-corrected chi connectivity index (χ4v) is 0.728. The van der Waals surface area contributed by atoms with Crippen molar-refractivity contribution in [1.82, 2.24) is 4.90 Å². The van der Waals surface area contributed by atoms with Gasteiger partial charge in [0.15, 0.2) is 0 Å². The van der Waals surface area contributed by atoms with Crippen molar-refractivity contribution in [1.29, 1.82) is 0 Å². The molecule has 0 bridgehead atoms. The molecule has 3 nitrogen and oxygen atoms in total. The Bertz CT molecular complexity index is 197. The number of hydrogen-bond donors (Lipinski definition) is 1. The molecule has 0 aromatic heterocycles. The lowest BCUT2D eigenvalue weighted by Crippen LogP contribution is -2.29. The van der Waals surface area contributed by atoms with Gasteiger partial charge in [0.2, 0.25) is 5.91 Å². The van der Waals surface area contributed by atoms with Crippen molar-refractivity contribution in [3.8, 4) is 0 Å². The van der Waals surface area contributed by atoms with E-state index in [9.17, 15) is 4.79 Å². The molecule has 0 saturated heterocycles. The SMILES string of the molecule is C=CCN(CC=CN)C(=O)C=C. The van der Waals surface area contributed by atoms with Crippen LogP contribution in [0.15, 0.2) is 37.6 Å². The minimum atomic E-state index is -0.118. The molecule has 0 rings (SSSR count). The molecule has 0 saturated carbocycles. The zero-order chi connectivity index (χ0) is 9.40. The van der Waals surface area contributed by atoms with E-state index in [1.54, 1.807) is 17.1 Å². The van der Waals surface area contributed by atoms with Crippen molar-refractivity contribution in [2.24, 2.45) is 5.73 Å². The molecule has 1 amide bonds. The van der Waals surface area contributed by atoms with Gasteiger partial charge in [-0.3, -0.25) is 4.79 Å². The summed E-state index contributed by atoms with van der Waals surface area (Å²) in [7, 11) is 0. The second-order valence-corrected chi connectivity index (χ2v) is 2.16. The van der Waals surface area contributed by atoms with Crippen LogP contribution in [-0.4, -0.2) is 23.9 Å². The first kappa shape index (κ1) is 10.5. The number of rotatable bonds is 5. The normalized spacial score (nSPS) is 9.67. The Labute approximate surface area is 72.9 Å². The molecule has 0 aliphatic heterocycles. The van der Waals surface area contributed by atoms with Crippen molar-refractivity contribution < 1.29 is 4.79 Å². The van der Waals surface area contributed by atoms with Crippen LogP contribution >= 0.6 is 0 Å². The van der Waals surface area contributed by atoms with Gasteiger partial charge >= 0.3 is 0 Å². The summed E-state index contributed by atoms with van der Waals surface area (Å²) in [5.74, 6) is -0.118. The molecule has 2 N–H and O–H groups in total. The zero-order valence-electron chi connectivity index (χ0n) is 7.07. The lowest BCUT2D eigenvalue weighted by molar-refractivity contribution is -0.125. The van der Waals surface area contributed by atoms with Crippen LogP contribution in [0.1, 0.15) is 0 Å². The maximum absolute atomic E-state index is 11.1. The van der Waals surface area contributed by atoms with Crippen molar-refractivity contribution >= 4 is 5.91 Å². The molecular formula is C9H14N2O. The van der Waals surface area contributed by atoms with Crippen LogP contribution in [0.4, 0.5) is 0 Å².